The van der Waals surface area contributed by atoms with E-state index >= 15 is 0 Å². The van der Waals surface area contributed by atoms with E-state index in [2.05, 4.69) is 5.32 Å². The summed E-state index contributed by atoms with van der Waals surface area (Å²) in [6, 6.07) is 8.23. The van der Waals surface area contributed by atoms with Gasteiger partial charge in [-0.2, -0.15) is 13.2 Å². The molecule has 24 heavy (non-hydrogen) atoms. The highest BCUT2D eigenvalue weighted by Gasteiger charge is 2.34. The van der Waals surface area contributed by atoms with Crippen LogP contribution in [0.4, 0.5) is 17.6 Å². The number of benzene rings is 2. The Hall–Kier alpha value is -2.41. The molecule has 0 heterocycles. The van der Waals surface area contributed by atoms with E-state index in [4.69, 9.17) is 0 Å². The Morgan fingerprint density at radius 3 is 2.54 bits per heavy atom. The Balaban J connectivity index is 2.13. The Kier molecular flexibility index (Phi) is 5.23. The summed E-state index contributed by atoms with van der Waals surface area (Å²) >= 11 is 0. The normalized spacial score (nSPS) is 12.8. The van der Waals surface area contributed by atoms with Crippen LogP contribution in [0, 0.1) is 12.7 Å². The third-order valence-corrected chi connectivity index (χ3v) is 3.53. The van der Waals surface area contributed by atoms with Crippen molar-refractivity contribution < 1.29 is 27.5 Å². The van der Waals surface area contributed by atoms with Crippen molar-refractivity contribution in [2.75, 3.05) is 6.54 Å². The first-order valence-corrected chi connectivity index (χ1v) is 7.08. The fourth-order valence-corrected chi connectivity index (χ4v) is 2.28. The van der Waals surface area contributed by atoms with Crippen molar-refractivity contribution in [1.82, 2.24) is 5.32 Å². The summed E-state index contributed by atoms with van der Waals surface area (Å²) in [5, 5.41) is 12.3. The average molecular weight is 341 g/mol. The number of aryl methyl sites for hydroxylation is 1. The number of aliphatic hydroxyl groups is 1. The zero-order chi connectivity index (χ0) is 17.9. The fourth-order valence-electron chi connectivity index (χ4n) is 2.28. The Bertz CT molecular complexity index is 744. The number of halogens is 4. The molecule has 2 aromatic rings. The topological polar surface area (TPSA) is 49.3 Å². The first-order chi connectivity index (χ1) is 11.2. The maximum atomic E-state index is 13.2. The van der Waals surface area contributed by atoms with Crippen molar-refractivity contribution in [3.8, 4) is 0 Å². The lowest BCUT2D eigenvalue weighted by Gasteiger charge is -2.18. The number of carbonyl (C=O) groups is 1. The number of nitrogens with one attached hydrogen (secondary N) is 1. The van der Waals surface area contributed by atoms with E-state index in [1.807, 2.05) is 0 Å². The highest BCUT2D eigenvalue weighted by Crippen LogP contribution is 2.34. The van der Waals surface area contributed by atoms with Crippen LogP contribution in [0.15, 0.2) is 42.5 Å². The molecular weight excluding hydrogens is 326 g/mol. The zero-order valence-electron chi connectivity index (χ0n) is 12.7. The smallest absolute Gasteiger partial charge is 0.387 e. The highest BCUT2D eigenvalue weighted by atomic mass is 19.4. The van der Waals surface area contributed by atoms with Gasteiger partial charge in [-0.1, -0.05) is 24.3 Å². The van der Waals surface area contributed by atoms with Crippen molar-refractivity contribution in [3.05, 3.63) is 70.5 Å². The SMILES string of the molecule is Cc1ccc(F)cc1C(=O)NCC(O)c1ccccc1C(F)(F)F. The van der Waals surface area contributed by atoms with Gasteiger partial charge in [0.05, 0.1) is 11.7 Å². The van der Waals surface area contributed by atoms with E-state index in [1.54, 1.807) is 6.92 Å². The lowest BCUT2D eigenvalue weighted by molar-refractivity contribution is -0.139. The molecule has 1 atom stereocenters. The van der Waals surface area contributed by atoms with Gasteiger partial charge in [-0.25, -0.2) is 4.39 Å². The molecular formula is C17H15F4NO2. The summed E-state index contributed by atoms with van der Waals surface area (Å²) in [6.45, 7) is 1.17. The van der Waals surface area contributed by atoms with Gasteiger partial charge in [0.15, 0.2) is 0 Å². The molecule has 0 bridgehead atoms. The maximum absolute atomic E-state index is 13.2. The molecule has 1 amide bonds. The third kappa shape index (κ3) is 4.11. The third-order valence-electron chi connectivity index (χ3n) is 3.53. The molecule has 0 aromatic heterocycles. The molecule has 128 valence electrons. The fraction of sp³-hybridized carbons (Fsp3) is 0.235. The minimum atomic E-state index is -4.61. The second kappa shape index (κ2) is 7.00. The molecule has 2 aromatic carbocycles. The Morgan fingerprint density at radius 1 is 1.21 bits per heavy atom. The number of hydrogen-bond acceptors (Lipinski definition) is 2. The van der Waals surface area contributed by atoms with Crippen molar-refractivity contribution in [2.45, 2.75) is 19.2 Å². The number of carbonyl (C=O) groups excluding carboxylic acids is 1. The molecule has 0 radical (unpaired) electrons. The predicted octanol–water partition coefficient (Wildman–Crippen LogP) is 3.62. The molecule has 3 nitrogen and oxygen atoms in total. The van der Waals surface area contributed by atoms with Gasteiger partial charge in [0.2, 0.25) is 0 Å². The number of aliphatic hydroxyl groups excluding tert-OH is 1. The first kappa shape index (κ1) is 17.9. The highest BCUT2D eigenvalue weighted by molar-refractivity contribution is 5.95. The van der Waals surface area contributed by atoms with E-state index in [1.165, 1.54) is 24.3 Å². The summed E-state index contributed by atoms with van der Waals surface area (Å²) in [6.07, 6.45) is -6.15. The van der Waals surface area contributed by atoms with Crippen molar-refractivity contribution >= 4 is 5.91 Å². The van der Waals surface area contributed by atoms with Crippen molar-refractivity contribution in [3.63, 3.8) is 0 Å². The molecule has 0 aliphatic carbocycles. The molecule has 0 saturated carbocycles. The monoisotopic (exact) mass is 341 g/mol. The van der Waals surface area contributed by atoms with E-state index in [0.717, 1.165) is 18.2 Å². The predicted molar refractivity (Wildman–Crippen MR) is 79.9 cm³/mol. The van der Waals surface area contributed by atoms with Gasteiger partial charge in [-0.15, -0.1) is 0 Å². The van der Waals surface area contributed by atoms with Crippen LogP contribution in [-0.4, -0.2) is 17.6 Å². The number of amides is 1. The molecule has 0 aliphatic heterocycles. The molecule has 0 saturated heterocycles. The minimum Gasteiger partial charge on any atom is -0.387 e. The molecule has 0 spiro atoms. The minimum absolute atomic E-state index is 0.0614. The summed E-state index contributed by atoms with van der Waals surface area (Å²) < 4.78 is 52.0. The van der Waals surface area contributed by atoms with Crippen LogP contribution in [0.5, 0.6) is 0 Å². The van der Waals surface area contributed by atoms with Crippen LogP contribution in [-0.2, 0) is 6.18 Å². The Morgan fingerprint density at radius 2 is 1.88 bits per heavy atom. The van der Waals surface area contributed by atoms with Crippen LogP contribution in [0.25, 0.3) is 0 Å². The van der Waals surface area contributed by atoms with Crippen LogP contribution in [0.3, 0.4) is 0 Å². The van der Waals surface area contributed by atoms with Gasteiger partial charge >= 0.3 is 6.18 Å². The van der Waals surface area contributed by atoms with Gasteiger partial charge in [-0.05, 0) is 36.2 Å². The molecule has 0 aliphatic rings. The first-order valence-electron chi connectivity index (χ1n) is 7.08. The van der Waals surface area contributed by atoms with E-state index in [9.17, 15) is 27.5 Å². The number of alkyl halides is 3. The van der Waals surface area contributed by atoms with E-state index in [-0.39, 0.29) is 11.1 Å². The largest absolute Gasteiger partial charge is 0.416 e. The molecule has 7 heteroatoms. The van der Waals surface area contributed by atoms with Crippen molar-refractivity contribution in [2.24, 2.45) is 0 Å². The number of rotatable bonds is 4. The molecule has 2 rings (SSSR count). The second-order valence-electron chi connectivity index (χ2n) is 5.27. The van der Waals surface area contributed by atoms with Crippen LogP contribution >= 0.6 is 0 Å². The number of hydrogen-bond donors (Lipinski definition) is 2. The molecule has 0 fully saturated rings. The van der Waals surface area contributed by atoms with E-state index in [0.29, 0.717) is 5.56 Å². The zero-order valence-corrected chi connectivity index (χ0v) is 12.7. The second-order valence-corrected chi connectivity index (χ2v) is 5.27. The van der Waals surface area contributed by atoms with Crippen LogP contribution in [0.1, 0.15) is 33.2 Å². The van der Waals surface area contributed by atoms with Gasteiger partial charge < -0.3 is 10.4 Å². The maximum Gasteiger partial charge on any atom is 0.416 e. The lowest BCUT2D eigenvalue weighted by atomic mass is 10.0. The Labute approximate surface area is 135 Å². The molecule has 2 N–H and O–H groups in total. The quantitative estimate of drug-likeness (QED) is 0.835. The summed E-state index contributed by atoms with van der Waals surface area (Å²) in [5.41, 5.74) is -0.722. The summed E-state index contributed by atoms with van der Waals surface area (Å²) in [4.78, 5) is 12.0. The van der Waals surface area contributed by atoms with Crippen molar-refractivity contribution in [1.29, 1.82) is 0 Å². The van der Waals surface area contributed by atoms with Crippen LogP contribution < -0.4 is 5.32 Å². The standard InChI is InChI=1S/C17H15F4NO2/c1-10-6-7-11(18)8-13(10)16(24)22-9-15(23)12-4-2-3-5-14(12)17(19,20)21/h2-8,15,23H,9H2,1H3,(H,22,24). The summed E-state index contributed by atoms with van der Waals surface area (Å²) in [5.74, 6) is -1.27. The van der Waals surface area contributed by atoms with E-state index < -0.39 is 36.1 Å². The average Bonchev–Trinajstić information content (AvgIpc) is 2.53. The lowest BCUT2D eigenvalue weighted by Crippen LogP contribution is -2.29. The summed E-state index contributed by atoms with van der Waals surface area (Å²) in [7, 11) is 0. The van der Waals surface area contributed by atoms with Gasteiger partial charge in [0, 0.05) is 12.1 Å². The van der Waals surface area contributed by atoms with Gasteiger partial charge in [-0.3, -0.25) is 4.79 Å². The van der Waals surface area contributed by atoms with Crippen LogP contribution in [0.2, 0.25) is 0 Å². The molecule has 1 unspecified atom stereocenters. The van der Waals surface area contributed by atoms with Gasteiger partial charge in [0.1, 0.15) is 5.82 Å². The van der Waals surface area contributed by atoms with Gasteiger partial charge in [0.25, 0.3) is 5.91 Å².